The average molecular weight is 141 g/mol. The third kappa shape index (κ3) is 1.31. The molecule has 1 fully saturated rings. The van der Waals surface area contributed by atoms with E-state index in [1.54, 1.807) is 0 Å². The molecule has 0 unspecified atom stereocenters. The maximum Gasteiger partial charge on any atom is 0.225 e. The minimum absolute atomic E-state index is 0.244. The normalized spacial score (nSPS) is 34.7. The van der Waals surface area contributed by atoms with Crippen LogP contribution in [-0.2, 0) is 4.79 Å². The Morgan fingerprint density at radius 2 is 2.10 bits per heavy atom. The Hall–Kier alpha value is -0.530. The summed E-state index contributed by atoms with van der Waals surface area (Å²) in [7, 11) is 1.88. The minimum Gasteiger partial charge on any atom is -0.345 e. The average Bonchev–Trinajstić information content (AvgIpc) is 1.82. The SMILES string of the molecule is C[C@H]1C[C@@H](C)C(=O)N(C)C1. The lowest BCUT2D eigenvalue weighted by molar-refractivity contribution is -0.137. The maximum absolute atomic E-state index is 11.2. The van der Waals surface area contributed by atoms with Crippen LogP contribution < -0.4 is 0 Å². The lowest BCUT2D eigenvalue weighted by atomic mass is 9.92. The molecule has 0 aromatic carbocycles. The zero-order chi connectivity index (χ0) is 7.72. The molecule has 2 nitrogen and oxygen atoms in total. The van der Waals surface area contributed by atoms with E-state index in [2.05, 4.69) is 6.92 Å². The van der Waals surface area contributed by atoms with Gasteiger partial charge >= 0.3 is 0 Å². The number of hydrogen-bond acceptors (Lipinski definition) is 1. The van der Waals surface area contributed by atoms with Crippen molar-refractivity contribution in [2.24, 2.45) is 11.8 Å². The van der Waals surface area contributed by atoms with Gasteiger partial charge in [-0.05, 0) is 12.3 Å². The Bertz CT molecular complexity index is 130. The first kappa shape index (κ1) is 7.58. The van der Waals surface area contributed by atoms with Crippen LogP contribution in [0, 0.1) is 11.8 Å². The van der Waals surface area contributed by atoms with Crippen LogP contribution in [0.25, 0.3) is 0 Å². The molecule has 2 atom stereocenters. The monoisotopic (exact) mass is 141 g/mol. The van der Waals surface area contributed by atoms with E-state index in [1.165, 1.54) is 0 Å². The molecule has 1 aliphatic heterocycles. The van der Waals surface area contributed by atoms with Crippen molar-refractivity contribution in [3.8, 4) is 0 Å². The zero-order valence-electron chi connectivity index (χ0n) is 6.92. The Labute approximate surface area is 62.2 Å². The van der Waals surface area contributed by atoms with E-state index in [1.807, 2.05) is 18.9 Å². The van der Waals surface area contributed by atoms with E-state index < -0.39 is 0 Å². The first-order valence-corrected chi connectivity index (χ1v) is 3.86. The summed E-state index contributed by atoms with van der Waals surface area (Å²) in [6, 6.07) is 0. The molecule has 1 amide bonds. The van der Waals surface area contributed by atoms with Gasteiger partial charge in [0.1, 0.15) is 0 Å². The minimum atomic E-state index is 0.244. The summed E-state index contributed by atoms with van der Waals surface area (Å²) < 4.78 is 0. The predicted molar refractivity (Wildman–Crippen MR) is 40.6 cm³/mol. The zero-order valence-corrected chi connectivity index (χ0v) is 6.92. The number of piperidine rings is 1. The van der Waals surface area contributed by atoms with Gasteiger partial charge < -0.3 is 4.90 Å². The molecular weight excluding hydrogens is 126 g/mol. The third-order valence-corrected chi connectivity index (χ3v) is 2.14. The van der Waals surface area contributed by atoms with Crippen molar-refractivity contribution in [2.45, 2.75) is 20.3 Å². The molecular formula is C8H15NO. The summed E-state index contributed by atoms with van der Waals surface area (Å²) >= 11 is 0. The number of amides is 1. The van der Waals surface area contributed by atoms with Crippen LogP contribution in [0.2, 0.25) is 0 Å². The molecule has 1 aliphatic rings. The quantitative estimate of drug-likeness (QED) is 0.495. The van der Waals surface area contributed by atoms with Crippen molar-refractivity contribution in [1.29, 1.82) is 0 Å². The molecule has 1 saturated heterocycles. The second-order valence-electron chi connectivity index (χ2n) is 3.46. The van der Waals surface area contributed by atoms with Gasteiger partial charge in [-0.3, -0.25) is 4.79 Å². The lowest BCUT2D eigenvalue weighted by Crippen LogP contribution is -2.40. The Balaban J connectivity index is 2.57. The van der Waals surface area contributed by atoms with Gasteiger partial charge in [-0.25, -0.2) is 0 Å². The van der Waals surface area contributed by atoms with Gasteiger partial charge in [0.2, 0.25) is 5.91 Å². The topological polar surface area (TPSA) is 20.3 Å². The molecule has 10 heavy (non-hydrogen) atoms. The Morgan fingerprint density at radius 3 is 2.60 bits per heavy atom. The summed E-state index contributed by atoms with van der Waals surface area (Å²) in [4.78, 5) is 13.0. The fraction of sp³-hybridized carbons (Fsp3) is 0.875. The van der Waals surface area contributed by atoms with E-state index in [-0.39, 0.29) is 5.92 Å². The van der Waals surface area contributed by atoms with Gasteiger partial charge in [-0.1, -0.05) is 13.8 Å². The van der Waals surface area contributed by atoms with Crippen molar-refractivity contribution in [3.63, 3.8) is 0 Å². The third-order valence-electron chi connectivity index (χ3n) is 2.14. The molecule has 0 bridgehead atoms. The van der Waals surface area contributed by atoms with Crippen molar-refractivity contribution >= 4 is 5.91 Å². The van der Waals surface area contributed by atoms with Gasteiger partial charge in [0, 0.05) is 19.5 Å². The smallest absolute Gasteiger partial charge is 0.225 e. The van der Waals surface area contributed by atoms with Crippen molar-refractivity contribution in [2.75, 3.05) is 13.6 Å². The number of likely N-dealkylation sites (tertiary alicyclic amines) is 1. The molecule has 0 aromatic heterocycles. The van der Waals surface area contributed by atoms with E-state index in [0.29, 0.717) is 11.8 Å². The molecule has 0 saturated carbocycles. The van der Waals surface area contributed by atoms with Gasteiger partial charge in [0.15, 0.2) is 0 Å². The molecule has 0 N–H and O–H groups in total. The molecule has 0 radical (unpaired) electrons. The van der Waals surface area contributed by atoms with Crippen LogP contribution >= 0.6 is 0 Å². The van der Waals surface area contributed by atoms with E-state index in [0.717, 1.165) is 13.0 Å². The fourth-order valence-corrected chi connectivity index (χ4v) is 1.71. The summed E-state index contributed by atoms with van der Waals surface area (Å²) in [6.07, 6.45) is 1.06. The van der Waals surface area contributed by atoms with Crippen LogP contribution in [-0.4, -0.2) is 24.4 Å². The van der Waals surface area contributed by atoms with Gasteiger partial charge in [-0.15, -0.1) is 0 Å². The number of rotatable bonds is 0. The molecule has 58 valence electrons. The standard InChI is InChI=1S/C8H15NO/c1-6-4-7(2)8(10)9(3)5-6/h6-7H,4-5H2,1-3H3/t6-,7+/m0/s1. The van der Waals surface area contributed by atoms with Crippen molar-refractivity contribution in [1.82, 2.24) is 4.90 Å². The van der Waals surface area contributed by atoms with Crippen molar-refractivity contribution < 1.29 is 4.79 Å². The van der Waals surface area contributed by atoms with Crippen LogP contribution in [0.3, 0.4) is 0 Å². The number of carbonyl (C=O) groups excluding carboxylic acids is 1. The Kier molecular flexibility index (Phi) is 1.97. The molecule has 0 spiro atoms. The molecule has 1 rings (SSSR count). The summed E-state index contributed by atoms with van der Waals surface area (Å²) in [5.41, 5.74) is 0. The van der Waals surface area contributed by atoms with Crippen LogP contribution in [0.5, 0.6) is 0 Å². The highest BCUT2D eigenvalue weighted by molar-refractivity contribution is 5.78. The Morgan fingerprint density at radius 1 is 1.50 bits per heavy atom. The molecule has 0 aliphatic carbocycles. The fourth-order valence-electron chi connectivity index (χ4n) is 1.71. The lowest BCUT2D eigenvalue weighted by Gasteiger charge is -2.31. The van der Waals surface area contributed by atoms with E-state index in [9.17, 15) is 4.79 Å². The van der Waals surface area contributed by atoms with E-state index in [4.69, 9.17) is 0 Å². The predicted octanol–water partition coefficient (Wildman–Crippen LogP) is 1.12. The number of nitrogens with zero attached hydrogens (tertiary/aromatic N) is 1. The second kappa shape index (κ2) is 2.60. The van der Waals surface area contributed by atoms with Crippen LogP contribution in [0.1, 0.15) is 20.3 Å². The molecule has 0 aromatic rings. The first-order chi connectivity index (χ1) is 4.61. The largest absolute Gasteiger partial charge is 0.345 e. The summed E-state index contributed by atoms with van der Waals surface area (Å²) in [6.45, 7) is 5.14. The highest BCUT2D eigenvalue weighted by Crippen LogP contribution is 2.20. The van der Waals surface area contributed by atoms with E-state index >= 15 is 0 Å². The van der Waals surface area contributed by atoms with Crippen molar-refractivity contribution in [3.05, 3.63) is 0 Å². The van der Waals surface area contributed by atoms with Crippen LogP contribution in [0.4, 0.5) is 0 Å². The van der Waals surface area contributed by atoms with Gasteiger partial charge in [0.25, 0.3) is 0 Å². The highest BCUT2D eigenvalue weighted by Gasteiger charge is 2.26. The number of hydrogen-bond donors (Lipinski definition) is 0. The molecule has 2 heteroatoms. The maximum atomic E-state index is 11.2. The van der Waals surface area contributed by atoms with Crippen LogP contribution in [0.15, 0.2) is 0 Å². The van der Waals surface area contributed by atoms with Gasteiger partial charge in [0.05, 0.1) is 0 Å². The second-order valence-corrected chi connectivity index (χ2v) is 3.46. The summed E-state index contributed by atoms with van der Waals surface area (Å²) in [5, 5.41) is 0. The van der Waals surface area contributed by atoms with Gasteiger partial charge in [-0.2, -0.15) is 0 Å². The summed E-state index contributed by atoms with van der Waals surface area (Å²) in [5.74, 6) is 1.23. The number of carbonyl (C=O) groups is 1. The molecule has 1 heterocycles. The highest BCUT2D eigenvalue weighted by atomic mass is 16.2. The first-order valence-electron chi connectivity index (χ1n) is 3.86.